The van der Waals surface area contributed by atoms with Crippen LogP contribution in [0, 0.1) is 0 Å². The maximum Gasteiger partial charge on any atom is 0.147 e. The van der Waals surface area contributed by atoms with Gasteiger partial charge in [-0.1, -0.05) is 0 Å². The molecule has 8 heavy (non-hydrogen) atoms. The van der Waals surface area contributed by atoms with Crippen LogP contribution in [0.1, 0.15) is 0 Å². The Bertz CT molecular complexity index is 139. The number of aldehydes is 1. The highest BCUT2D eigenvalue weighted by Gasteiger charge is 1.99. The van der Waals surface area contributed by atoms with Gasteiger partial charge in [0, 0.05) is 18.6 Å². The van der Waals surface area contributed by atoms with Crippen LogP contribution in [-0.2, 0) is 4.79 Å². The van der Waals surface area contributed by atoms with E-state index in [9.17, 15) is 4.79 Å². The lowest BCUT2D eigenvalue weighted by Gasteiger charge is -2.04. The van der Waals surface area contributed by atoms with E-state index in [-0.39, 0.29) is 6.04 Å². The summed E-state index contributed by atoms with van der Waals surface area (Å²) in [5.41, 5.74) is 0. The Balaban J connectivity index is 2.51. The highest BCUT2D eigenvalue weighted by Crippen LogP contribution is 1.82. The summed E-state index contributed by atoms with van der Waals surface area (Å²) in [5.74, 6) is 0. The standard InChI is InChI=1S/C5H6N2O/c8-4-5-3-6-1-2-7-5/h1-5,7H. The van der Waals surface area contributed by atoms with Gasteiger partial charge >= 0.3 is 0 Å². The van der Waals surface area contributed by atoms with Gasteiger partial charge in [-0.3, -0.25) is 4.99 Å². The van der Waals surface area contributed by atoms with E-state index in [1.165, 1.54) is 0 Å². The van der Waals surface area contributed by atoms with Crippen molar-refractivity contribution in [2.24, 2.45) is 4.99 Å². The summed E-state index contributed by atoms with van der Waals surface area (Å²) in [6, 6.07) is -0.222. The molecule has 1 rings (SSSR count). The normalized spacial score (nSPS) is 24.8. The molecule has 1 N–H and O–H groups in total. The minimum atomic E-state index is -0.222. The molecule has 42 valence electrons. The van der Waals surface area contributed by atoms with Crippen molar-refractivity contribution >= 4 is 12.5 Å². The molecule has 0 saturated carbocycles. The number of nitrogens with one attached hydrogen (secondary N) is 1. The van der Waals surface area contributed by atoms with E-state index >= 15 is 0 Å². The molecule has 0 aromatic rings. The summed E-state index contributed by atoms with van der Waals surface area (Å²) in [6.07, 6.45) is 5.58. The average molecular weight is 110 g/mol. The lowest BCUT2D eigenvalue weighted by molar-refractivity contribution is -0.108. The molecule has 1 atom stereocenters. The first-order valence-corrected chi connectivity index (χ1v) is 2.33. The van der Waals surface area contributed by atoms with Crippen LogP contribution in [0.3, 0.4) is 0 Å². The first-order valence-electron chi connectivity index (χ1n) is 2.33. The van der Waals surface area contributed by atoms with Crippen molar-refractivity contribution in [1.82, 2.24) is 5.32 Å². The van der Waals surface area contributed by atoms with Gasteiger partial charge in [-0.05, 0) is 0 Å². The van der Waals surface area contributed by atoms with Crippen molar-refractivity contribution in [2.75, 3.05) is 0 Å². The molecule has 1 unspecified atom stereocenters. The summed E-state index contributed by atoms with van der Waals surface area (Å²) in [4.78, 5) is 13.7. The summed E-state index contributed by atoms with van der Waals surface area (Å²) >= 11 is 0. The van der Waals surface area contributed by atoms with Crippen LogP contribution in [0.4, 0.5) is 0 Å². The van der Waals surface area contributed by atoms with Crippen molar-refractivity contribution < 1.29 is 4.79 Å². The van der Waals surface area contributed by atoms with Crippen LogP contribution in [-0.4, -0.2) is 18.5 Å². The Morgan fingerprint density at radius 1 is 1.75 bits per heavy atom. The minimum absolute atomic E-state index is 0.222. The Kier molecular flexibility index (Phi) is 1.42. The van der Waals surface area contributed by atoms with E-state index in [1.54, 1.807) is 18.6 Å². The van der Waals surface area contributed by atoms with Crippen molar-refractivity contribution in [3.05, 3.63) is 12.4 Å². The summed E-state index contributed by atoms with van der Waals surface area (Å²) in [5, 5.41) is 2.77. The highest BCUT2D eigenvalue weighted by atomic mass is 16.1. The van der Waals surface area contributed by atoms with E-state index in [1.807, 2.05) is 0 Å². The number of rotatable bonds is 1. The molecule has 3 nitrogen and oxygen atoms in total. The summed E-state index contributed by atoms with van der Waals surface area (Å²) in [7, 11) is 0. The number of nitrogens with zero attached hydrogens (tertiary/aromatic N) is 1. The second-order valence-corrected chi connectivity index (χ2v) is 1.44. The molecule has 0 amide bonds. The fourth-order valence-electron chi connectivity index (χ4n) is 0.457. The molecule has 1 aliphatic heterocycles. The molecule has 0 saturated heterocycles. The zero-order valence-corrected chi connectivity index (χ0v) is 4.24. The minimum Gasteiger partial charge on any atom is -0.376 e. The molecule has 1 heterocycles. The van der Waals surface area contributed by atoms with E-state index in [0.717, 1.165) is 6.29 Å². The zero-order chi connectivity index (χ0) is 5.82. The molecule has 0 aromatic carbocycles. The van der Waals surface area contributed by atoms with Gasteiger partial charge in [0.25, 0.3) is 0 Å². The van der Waals surface area contributed by atoms with Crippen LogP contribution >= 0.6 is 0 Å². The first-order chi connectivity index (χ1) is 3.93. The van der Waals surface area contributed by atoms with Crippen molar-refractivity contribution in [2.45, 2.75) is 6.04 Å². The van der Waals surface area contributed by atoms with Gasteiger partial charge in [0.1, 0.15) is 12.3 Å². The van der Waals surface area contributed by atoms with Gasteiger partial charge in [0.2, 0.25) is 0 Å². The van der Waals surface area contributed by atoms with Gasteiger partial charge in [-0.25, -0.2) is 0 Å². The molecule has 0 fully saturated rings. The van der Waals surface area contributed by atoms with Gasteiger partial charge in [0.05, 0.1) is 0 Å². The largest absolute Gasteiger partial charge is 0.376 e. The van der Waals surface area contributed by atoms with E-state index in [0.29, 0.717) is 0 Å². The van der Waals surface area contributed by atoms with Crippen LogP contribution < -0.4 is 5.32 Å². The molecular weight excluding hydrogens is 104 g/mol. The molecule has 0 aromatic heterocycles. The average Bonchev–Trinajstić information content (AvgIpc) is 1.90. The Hall–Kier alpha value is -1.12. The second-order valence-electron chi connectivity index (χ2n) is 1.44. The van der Waals surface area contributed by atoms with Crippen molar-refractivity contribution in [3.63, 3.8) is 0 Å². The molecule has 0 radical (unpaired) electrons. The predicted octanol–water partition coefficient (Wildman–Crippen LogP) is -0.301. The number of carbonyl (C=O) groups excluding carboxylic acids is 1. The quantitative estimate of drug-likeness (QED) is 0.471. The van der Waals surface area contributed by atoms with Crippen LogP contribution in [0.5, 0.6) is 0 Å². The summed E-state index contributed by atoms with van der Waals surface area (Å²) < 4.78 is 0. The second kappa shape index (κ2) is 2.26. The van der Waals surface area contributed by atoms with Gasteiger partial charge in [-0.2, -0.15) is 0 Å². The molecular formula is C5H6N2O. The molecule has 1 aliphatic rings. The van der Waals surface area contributed by atoms with Gasteiger partial charge in [0.15, 0.2) is 0 Å². The van der Waals surface area contributed by atoms with Crippen molar-refractivity contribution in [1.29, 1.82) is 0 Å². The molecule has 0 aliphatic carbocycles. The predicted molar refractivity (Wildman–Crippen MR) is 30.6 cm³/mol. The van der Waals surface area contributed by atoms with E-state index in [4.69, 9.17) is 0 Å². The third-order valence-electron chi connectivity index (χ3n) is 0.843. The third kappa shape index (κ3) is 0.932. The maximum atomic E-state index is 9.97. The zero-order valence-electron chi connectivity index (χ0n) is 4.24. The van der Waals surface area contributed by atoms with Crippen LogP contribution in [0.25, 0.3) is 0 Å². The van der Waals surface area contributed by atoms with Crippen molar-refractivity contribution in [3.8, 4) is 0 Å². The monoisotopic (exact) mass is 110 g/mol. The Morgan fingerprint density at radius 3 is 3.00 bits per heavy atom. The highest BCUT2D eigenvalue weighted by molar-refractivity contribution is 5.86. The number of hydrogen-bond acceptors (Lipinski definition) is 3. The fourth-order valence-corrected chi connectivity index (χ4v) is 0.457. The Morgan fingerprint density at radius 2 is 2.62 bits per heavy atom. The van der Waals surface area contributed by atoms with E-state index in [2.05, 4.69) is 10.3 Å². The molecule has 0 bridgehead atoms. The lowest BCUT2D eigenvalue weighted by atomic mass is 10.3. The molecule has 0 spiro atoms. The smallest absolute Gasteiger partial charge is 0.147 e. The number of aliphatic imine (C=N–C) groups is 1. The first kappa shape index (κ1) is 5.03. The number of carbonyl (C=O) groups is 1. The third-order valence-corrected chi connectivity index (χ3v) is 0.843. The summed E-state index contributed by atoms with van der Waals surface area (Å²) in [6.45, 7) is 0. The SMILES string of the molecule is O=CC1C=NC=CN1. The fraction of sp³-hybridized carbons (Fsp3) is 0.200. The van der Waals surface area contributed by atoms with E-state index < -0.39 is 0 Å². The topological polar surface area (TPSA) is 41.5 Å². The van der Waals surface area contributed by atoms with Crippen LogP contribution in [0.15, 0.2) is 17.4 Å². The Labute approximate surface area is 47.1 Å². The van der Waals surface area contributed by atoms with Crippen LogP contribution in [0.2, 0.25) is 0 Å². The number of hydrogen-bond donors (Lipinski definition) is 1. The maximum absolute atomic E-state index is 9.97. The molecule has 3 heteroatoms. The van der Waals surface area contributed by atoms with Gasteiger partial charge in [-0.15, -0.1) is 0 Å². The lowest BCUT2D eigenvalue weighted by Crippen LogP contribution is -2.28. The van der Waals surface area contributed by atoms with Gasteiger partial charge < -0.3 is 10.1 Å².